The molecule has 0 saturated carbocycles. The molecule has 0 aliphatic heterocycles. The maximum absolute atomic E-state index is 5.76. The SMILES string of the molecule is CC(C)(C)c1ccc(-c2csc(CCl)n2)cc1. The zero-order valence-electron chi connectivity index (χ0n) is 10.3. The number of nitrogens with zero attached hydrogens (tertiary/aromatic N) is 1. The molecule has 0 N–H and O–H groups in total. The number of aromatic nitrogens is 1. The van der Waals surface area contributed by atoms with Gasteiger partial charge in [-0.1, -0.05) is 45.0 Å². The molecule has 2 aromatic rings. The number of hydrogen-bond donors (Lipinski definition) is 0. The van der Waals surface area contributed by atoms with Crippen LogP contribution in [0.2, 0.25) is 0 Å². The molecule has 1 aromatic heterocycles. The first-order chi connectivity index (χ1) is 8.00. The lowest BCUT2D eigenvalue weighted by Gasteiger charge is -2.18. The summed E-state index contributed by atoms with van der Waals surface area (Å²) in [5.41, 5.74) is 3.72. The summed E-state index contributed by atoms with van der Waals surface area (Å²) >= 11 is 7.37. The van der Waals surface area contributed by atoms with Crippen molar-refractivity contribution in [3.05, 3.63) is 40.2 Å². The van der Waals surface area contributed by atoms with Crippen LogP contribution in [0.25, 0.3) is 11.3 Å². The highest BCUT2D eigenvalue weighted by atomic mass is 35.5. The average molecular weight is 266 g/mol. The van der Waals surface area contributed by atoms with E-state index in [2.05, 4.69) is 55.4 Å². The van der Waals surface area contributed by atoms with Crippen molar-refractivity contribution < 1.29 is 0 Å². The summed E-state index contributed by atoms with van der Waals surface area (Å²) in [7, 11) is 0. The minimum atomic E-state index is 0.196. The molecular weight excluding hydrogens is 250 g/mol. The number of thiazole rings is 1. The first-order valence-electron chi connectivity index (χ1n) is 5.62. The second-order valence-electron chi connectivity index (χ2n) is 5.09. The van der Waals surface area contributed by atoms with Gasteiger partial charge < -0.3 is 0 Å². The molecule has 3 heteroatoms. The largest absolute Gasteiger partial charge is 0.240 e. The van der Waals surface area contributed by atoms with E-state index in [1.807, 2.05) is 0 Å². The molecule has 0 bridgehead atoms. The van der Waals surface area contributed by atoms with Crippen LogP contribution >= 0.6 is 22.9 Å². The smallest absolute Gasteiger partial charge is 0.108 e. The van der Waals surface area contributed by atoms with Crippen LogP contribution in [0.15, 0.2) is 29.6 Å². The van der Waals surface area contributed by atoms with Crippen molar-refractivity contribution in [2.45, 2.75) is 32.1 Å². The van der Waals surface area contributed by atoms with Crippen molar-refractivity contribution in [1.82, 2.24) is 4.98 Å². The fraction of sp³-hybridized carbons (Fsp3) is 0.357. The van der Waals surface area contributed by atoms with E-state index in [0.717, 1.165) is 16.3 Å². The van der Waals surface area contributed by atoms with E-state index in [4.69, 9.17) is 11.6 Å². The van der Waals surface area contributed by atoms with Crippen LogP contribution in [-0.2, 0) is 11.3 Å². The molecule has 0 saturated heterocycles. The normalized spacial score (nSPS) is 11.8. The maximum Gasteiger partial charge on any atom is 0.108 e. The lowest BCUT2D eigenvalue weighted by atomic mass is 9.86. The van der Waals surface area contributed by atoms with Gasteiger partial charge in [0, 0.05) is 10.9 Å². The minimum Gasteiger partial charge on any atom is -0.240 e. The Morgan fingerprint density at radius 2 is 1.82 bits per heavy atom. The van der Waals surface area contributed by atoms with Crippen LogP contribution in [0.1, 0.15) is 31.3 Å². The zero-order chi connectivity index (χ0) is 12.5. The lowest BCUT2D eigenvalue weighted by molar-refractivity contribution is 0.590. The van der Waals surface area contributed by atoms with E-state index < -0.39 is 0 Å². The van der Waals surface area contributed by atoms with E-state index in [-0.39, 0.29) is 5.41 Å². The predicted molar refractivity (Wildman–Crippen MR) is 75.8 cm³/mol. The van der Waals surface area contributed by atoms with E-state index in [1.165, 1.54) is 5.56 Å². The predicted octanol–water partition coefficient (Wildman–Crippen LogP) is 4.85. The summed E-state index contributed by atoms with van der Waals surface area (Å²) in [5.74, 6) is 0.491. The Balaban J connectivity index is 2.29. The summed E-state index contributed by atoms with van der Waals surface area (Å²) < 4.78 is 0. The van der Waals surface area contributed by atoms with E-state index in [1.54, 1.807) is 11.3 Å². The monoisotopic (exact) mass is 265 g/mol. The first kappa shape index (κ1) is 12.6. The molecule has 0 aliphatic rings. The highest BCUT2D eigenvalue weighted by molar-refractivity contribution is 7.10. The Bertz CT molecular complexity index is 494. The van der Waals surface area contributed by atoms with Crippen LogP contribution < -0.4 is 0 Å². The fourth-order valence-corrected chi connectivity index (χ4v) is 2.55. The molecule has 1 nitrogen and oxygen atoms in total. The van der Waals surface area contributed by atoms with E-state index >= 15 is 0 Å². The van der Waals surface area contributed by atoms with Gasteiger partial charge in [-0.2, -0.15) is 0 Å². The molecule has 1 aromatic carbocycles. The van der Waals surface area contributed by atoms with Crippen LogP contribution in [0.4, 0.5) is 0 Å². The van der Waals surface area contributed by atoms with Gasteiger partial charge in [0.25, 0.3) is 0 Å². The zero-order valence-corrected chi connectivity index (χ0v) is 11.9. The molecule has 0 unspecified atom stereocenters. The van der Waals surface area contributed by atoms with Crippen molar-refractivity contribution in [1.29, 1.82) is 0 Å². The quantitative estimate of drug-likeness (QED) is 0.708. The van der Waals surface area contributed by atoms with Crippen molar-refractivity contribution in [2.75, 3.05) is 0 Å². The average Bonchev–Trinajstić information content (AvgIpc) is 2.76. The van der Waals surface area contributed by atoms with Gasteiger partial charge in [0.2, 0.25) is 0 Å². The third-order valence-electron chi connectivity index (χ3n) is 2.71. The van der Waals surface area contributed by atoms with Crippen LogP contribution in [0.5, 0.6) is 0 Å². The Hall–Kier alpha value is -0.860. The molecule has 0 aliphatic carbocycles. The maximum atomic E-state index is 5.76. The number of hydrogen-bond acceptors (Lipinski definition) is 2. The van der Waals surface area contributed by atoms with Crippen LogP contribution in [0, 0.1) is 0 Å². The summed E-state index contributed by atoms with van der Waals surface area (Å²) in [6, 6.07) is 8.62. The first-order valence-corrected chi connectivity index (χ1v) is 7.03. The molecule has 90 valence electrons. The number of alkyl halides is 1. The van der Waals surface area contributed by atoms with Gasteiger partial charge in [-0.05, 0) is 11.0 Å². The van der Waals surface area contributed by atoms with Gasteiger partial charge in [0.15, 0.2) is 0 Å². The second kappa shape index (κ2) is 4.79. The number of benzene rings is 1. The Labute approximate surface area is 111 Å². The lowest BCUT2D eigenvalue weighted by Crippen LogP contribution is -2.10. The standard InChI is InChI=1S/C14H16ClNS/c1-14(2,3)11-6-4-10(5-7-11)12-9-17-13(8-15)16-12/h4-7,9H,8H2,1-3H3. The van der Waals surface area contributed by atoms with Crippen LogP contribution in [0.3, 0.4) is 0 Å². The second-order valence-corrected chi connectivity index (χ2v) is 6.30. The highest BCUT2D eigenvalue weighted by Crippen LogP contribution is 2.27. The molecule has 0 atom stereocenters. The molecule has 1 heterocycles. The van der Waals surface area contributed by atoms with Gasteiger partial charge in [0.05, 0.1) is 11.6 Å². The van der Waals surface area contributed by atoms with Crippen molar-refractivity contribution in [2.24, 2.45) is 0 Å². The summed E-state index contributed by atoms with van der Waals surface area (Å²) in [6.45, 7) is 6.66. The highest BCUT2D eigenvalue weighted by Gasteiger charge is 2.13. The van der Waals surface area contributed by atoms with E-state index in [0.29, 0.717) is 5.88 Å². The Morgan fingerprint density at radius 3 is 2.29 bits per heavy atom. The van der Waals surface area contributed by atoms with Crippen LogP contribution in [-0.4, -0.2) is 4.98 Å². The summed E-state index contributed by atoms with van der Waals surface area (Å²) in [5, 5.41) is 3.03. The third-order valence-corrected chi connectivity index (χ3v) is 3.97. The Kier molecular flexibility index (Phi) is 3.55. The molecule has 17 heavy (non-hydrogen) atoms. The van der Waals surface area contributed by atoms with Crippen molar-refractivity contribution >= 4 is 22.9 Å². The molecule has 0 radical (unpaired) electrons. The Morgan fingerprint density at radius 1 is 1.18 bits per heavy atom. The van der Waals surface area contributed by atoms with Gasteiger partial charge in [-0.15, -0.1) is 22.9 Å². The van der Waals surface area contributed by atoms with Gasteiger partial charge in [-0.3, -0.25) is 0 Å². The molecule has 0 fully saturated rings. The molecule has 0 amide bonds. The molecular formula is C14H16ClNS. The van der Waals surface area contributed by atoms with Gasteiger partial charge in [0.1, 0.15) is 5.01 Å². The van der Waals surface area contributed by atoms with Crippen molar-refractivity contribution in [3.8, 4) is 11.3 Å². The van der Waals surface area contributed by atoms with Crippen molar-refractivity contribution in [3.63, 3.8) is 0 Å². The van der Waals surface area contributed by atoms with E-state index in [9.17, 15) is 0 Å². The minimum absolute atomic E-state index is 0.196. The topological polar surface area (TPSA) is 12.9 Å². The number of halogens is 1. The molecule has 2 rings (SSSR count). The number of rotatable bonds is 2. The van der Waals surface area contributed by atoms with Gasteiger partial charge in [-0.25, -0.2) is 4.98 Å². The summed E-state index contributed by atoms with van der Waals surface area (Å²) in [4.78, 5) is 4.48. The summed E-state index contributed by atoms with van der Waals surface area (Å²) in [6.07, 6.45) is 0. The fourth-order valence-electron chi connectivity index (χ4n) is 1.65. The van der Waals surface area contributed by atoms with Gasteiger partial charge >= 0.3 is 0 Å². The molecule has 0 spiro atoms. The third kappa shape index (κ3) is 2.88.